The van der Waals surface area contributed by atoms with E-state index in [0.717, 1.165) is 5.56 Å². The second-order valence-electron chi connectivity index (χ2n) is 4.58. The van der Waals surface area contributed by atoms with Gasteiger partial charge in [-0.1, -0.05) is 13.8 Å². The first-order chi connectivity index (χ1) is 7.82. The molecule has 3 N–H and O–H groups in total. The lowest BCUT2D eigenvalue weighted by molar-refractivity contribution is -0.118. The Balaban J connectivity index is 2.93. The van der Waals surface area contributed by atoms with Crippen molar-refractivity contribution < 1.29 is 4.79 Å². The highest BCUT2D eigenvalue weighted by Gasteiger charge is 2.18. The van der Waals surface area contributed by atoms with Gasteiger partial charge in [0.15, 0.2) is 0 Å². The molecule has 1 amide bonds. The lowest BCUT2D eigenvalue weighted by Gasteiger charge is -2.16. The molecule has 1 rings (SSSR count). The third-order valence-corrected chi connectivity index (χ3v) is 2.71. The van der Waals surface area contributed by atoms with Crippen molar-refractivity contribution in [2.45, 2.75) is 26.8 Å². The number of pyridine rings is 1. The fourth-order valence-electron chi connectivity index (χ4n) is 1.37. The Morgan fingerprint density at radius 2 is 2.06 bits per heavy atom. The van der Waals surface area contributed by atoms with Crippen LogP contribution in [0.25, 0.3) is 0 Å². The monoisotopic (exact) mass is 237 g/mol. The van der Waals surface area contributed by atoms with Gasteiger partial charge in [-0.05, 0) is 18.4 Å². The maximum atomic E-state index is 11.8. The number of rotatable bonds is 3. The molecule has 0 unspecified atom stereocenters. The second kappa shape index (κ2) is 5.14. The lowest BCUT2D eigenvalue weighted by Crippen LogP contribution is -2.40. The van der Waals surface area contributed by atoms with Crippen molar-refractivity contribution in [2.75, 3.05) is 5.32 Å². The third kappa shape index (κ3) is 3.17. The van der Waals surface area contributed by atoms with Crippen molar-refractivity contribution >= 4 is 11.6 Å². The van der Waals surface area contributed by atoms with Crippen LogP contribution < -0.4 is 16.6 Å². The highest BCUT2D eigenvalue weighted by molar-refractivity contribution is 5.95. The number of hydrogen-bond acceptors (Lipinski definition) is 3. The van der Waals surface area contributed by atoms with Crippen LogP contribution in [0.15, 0.2) is 17.1 Å². The first kappa shape index (κ1) is 13.4. The zero-order valence-corrected chi connectivity index (χ0v) is 10.7. The predicted octanol–water partition coefficient (Wildman–Crippen LogP) is 0.616. The van der Waals surface area contributed by atoms with Gasteiger partial charge in [0.05, 0.1) is 11.7 Å². The van der Waals surface area contributed by atoms with Crippen LogP contribution in [-0.2, 0) is 11.8 Å². The number of nitrogens with zero attached hydrogens (tertiary/aromatic N) is 1. The summed E-state index contributed by atoms with van der Waals surface area (Å²) in [6.07, 6.45) is 1.60. The van der Waals surface area contributed by atoms with Gasteiger partial charge in [0.2, 0.25) is 5.91 Å². The number of hydrogen-bond donors (Lipinski definition) is 2. The van der Waals surface area contributed by atoms with E-state index in [0.29, 0.717) is 5.69 Å². The zero-order chi connectivity index (χ0) is 13.2. The van der Waals surface area contributed by atoms with Crippen molar-refractivity contribution in [1.82, 2.24) is 4.57 Å². The van der Waals surface area contributed by atoms with Crippen LogP contribution >= 0.6 is 0 Å². The number of carbonyl (C=O) groups excluding carboxylic acids is 1. The van der Waals surface area contributed by atoms with Crippen molar-refractivity contribution in [2.24, 2.45) is 18.7 Å². The Morgan fingerprint density at radius 1 is 1.47 bits per heavy atom. The number of nitrogens with one attached hydrogen (secondary N) is 1. The Labute approximate surface area is 101 Å². The topological polar surface area (TPSA) is 77.1 Å². The number of anilines is 1. The molecule has 0 aliphatic rings. The molecule has 5 nitrogen and oxygen atoms in total. The minimum Gasteiger partial charge on any atom is -0.323 e. The van der Waals surface area contributed by atoms with E-state index >= 15 is 0 Å². The summed E-state index contributed by atoms with van der Waals surface area (Å²) in [5, 5.41) is 2.74. The maximum absolute atomic E-state index is 11.8. The molecule has 0 aliphatic heterocycles. The largest absolute Gasteiger partial charge is 0.323 e. The third-order valence-electron chi connectivity index (χ3n) is 2.71. The molecule has 1 heterocycles. The summed E-state index contributed by atoms with van der Waals surface area (Å²) >= 11 is 0. The standard InChI is InChI=1S/C12H19N3O2/c1-7(2)11(13)12(17)14-9-6-15(4)10(16)5-8(9)3/h5-7,11H,13H2,1-4H3,(H,14,17)/t11-/m0/s1. The van der Waals surface area contributed by atoms with E-state index in [1.165, 1.54) is 10.6 Å². The van der Waals surface area contributed by atoms with E-state index in [1.54, 1.807) is 20.2 Å². The molecule has 0 aromatic carbocycles. The summed E-state index contributed by atoms with van der Waals surface area (Å²) in [7, 11) is 1.64. The summed E-state index contributed by atoms with van der Waals surface area (Å²) in [6.45, 7) is 5.55. The molecule has 94 valence electrons. The van der Waals surface area contributed by atoms with Gasteiger partial charge in [0.1, 0.15) is 0 Å². The van der Waals surface area contributed by atoms with Crippen molar-refractivity contribution in [3.8, 4) is 0 Å². The first-order valence-corrected chi connectivity index (χ1v) is 5.56. The fraction of sp³-hybridized carbons (Fsp3) is 0.500. The number of aryl methyl sites for hydroxylation is 2. The average Bonchev–Trinajstić information content (AvgIpc) is 2.24. The predicted molar refractivity (Wildman–Crippen MR) is 67.9 cm³/mol. The fourth-order valence-corrected chi connectivity index (χ4v) is 1.37. The molecule has 0 bridgehead atoms. The van der Waals surface area contributed by atoms with Gasteiger partial charge in [-0.2, -0.15) is 0 Å². The Kier molecular flexibility index (Phi) is 4.07. The summed E-state index contributed by atoms with van der Waals surface area (Å²) in [5.41, 5.74) is 6.99. The van der Waals surface area contributed by atoms with E-state index < -0.39 is 6.04 Å². The van der Waals surface area contributed by atoms with Gasteiger partial charge in [0, 0.05) is 19.3 Å². The molecule has 5 heteroatoms. The van der Waals surface area contributed by atoms with Gasteiger partial charge in [-0.25, -0.2) is 0 Å². The van der Waals surface area contributed by atoms with Crippen LogP contribution in [0.1, 0.15) is 19.4 Å². The molecule has 0 saturated carbocycles. The SMILES string of the molecule is Cc1cc(=O)n(C)cc1NC(=O)[C@@H](N)C(C)C. The molecule has 1 atom stereocenters. The maximum Gasteiger partial charge on any atom is 0.250 e. The van der Waals surface area contributed by atoms with Crippen molar-refractivity contribution in [3.63, 3.8) is 0 Å². The number of aromatic nitrogens is 1. The van der Waals surface area contributed by atoms with Crippen LogP contribution in [0, 0.1) is 12.8 Å². The lowest BCUT2D eigenvalue weighted by atomic mass is 10.0. The minimum atomic E-state index is -0.549. The number of amides is 1. The smallest absolute Gasteiger partial charge is 0.250 e. The van der Waals surface area contributed by atoms with Gasteiger partial charge in [-0.15, -0.1) is 0 Å². The van der Waals surface area contributed by atoms with E-state index in [2.05, 4.69) is 5.32 Å². The number of nitrogens with two attached hydrogens (primary N) is 1. The van der Waals surface area contributed by atoms with Gasteiger partial charge >= 0.3 is 0 Å². The summed E-state index contributed by atoms with van der Waals surface area (Å²) < 4.78 is 1.42. The molecule has 0 spiro atoms. The molecule has 1 aromatic heterocycles. The molecule has 17 heavy (non-hydrogen) atoms. The summed E-state index contributed by atoms with van der Waals surface area (Å²) in [4.78, 5) is 23.1. The molecule has 0 aliphatic carbocycles. The van der Waals surface area contributed by atoms with E-state index in [9.17, 15) is 9.59 Å². The first-order valence-electron chi connectivity index (χ1n) is 5.56. The highest BCUT2D eigenvalue weighted by atomic mass is 16.2. The van der Waals surface area contributed by atoms with Crippen LogP contribution in [0.2, 0.25) is 0 Å². The number of carbonyl (C=O) groups is 1. The van der Waals surface area contributed by atoms with E-state index in [4.69, 9.17) is 5.73 Å². The van der Waals surface area contributed by atoms with E-state index in [-0.39, 0.29) is 17.4 Å². The second-order valence-corrected chi connectivity index (χ2v) is 4.58. The summed E-state index contributed by atoms with van der Waals surface area (Å²) in [5.74, 6) is -0.162. The Morgan fingerprint density at radius 3 is 2.59 bits per heavy atom. The molecule has 1 aromatic rings. The molecule has 0 saturated heterocycles. The average molecular weight is 237 g/mol. The molecule has 0 fully saturated rings. The Hall–Kier alpha value is -1.62. The van der Waals surface area contributed by atoms with Crippen LogP contribution in [-0.4, -0.2) is 16.5 Å². The van der Waals surface area contributed by atoms with Crippen molar-refractivity contribution in [3.05, 3.63) is 28.2 Å². The van der Waals surface area contributed by atoms with Crippen LogP contribution in [0.5, 0.6) is 0 Å². The zero-order valence-electron chi connectivity index (χ0n) is 10.7. The van der Waals surface area contributed by atoms with Gasteiger partial charge < -0.3 is 15.6 Å². The molecular formula is C12H19N3O2. The molecular weight excluding hydrogens is 218 g/mol. The van der Waals surface area contributed by atoms with Gasteiger partial charge in [-0.3, -0.25) is 9.59 Å². The highest BCUT2D eigenvalue weighted by Crippen LogP contribution is 2.12. The van der Waals surface area contributed by atoms with Crippen molar-refractivity contribution in [1.29, 1.82) is 0 Å². The summed E-state index contributed by atoms with van der Waals surface area (Å²) in [6, 6.07) is 0.933. The van der Waals surface area contributed by atoms with Crippen LogP contribution in [0.3, 0.4) is 0 Å². The van der Waals surface area contributed by atoms with Gasteiger partial charge in [0.25, 0.3) is 5.56 Å². The normalized spacial score (nSPS) is 12.6. The van der Waals surface area contributed by atoms with Crippen LogP contribution in [0.4, 0.5) is 5.69 Å². The quantitative estimate of drug-likeness (QED) is 0.808. The molecule has 0 radical (unpaired) electrons. The minimum absolute atomic E-state index is 0.0721. The van der Waals surface area contributed by atoms with E-state index in [1.807, 2.05) is 13.8 Å². The Bertz CT molecular complexity index is 477.